The van der Waals surface area contributed by atoms with Crippen LogP contribution in [-0.4, -0.2) is 49.6 Å². The van der Waals surface area contributed by atoms with E-state index in [2.05, 4.69) is 13.8 Å². The molecule has 0 bridgehead atoms. The van der Waals surface area contributed by atoms with Crippen molar-refractivity contribution in [3.8, 4) is 11.5 Å². The van der Waals surface area contributed by atoms with Crippen LogP contribution in [0, 0.1) is 0 Å². The van der Waals surface area contributed by atoms with Crippen molar-refractivity contribution in [2.24, 2.45) is 0 Å². The standard InChI is InChI=1S/C44H46O9S2/c1-43(2,21-9-11-23-49-39(45)27-50-29-17-19-37-33(25-29)41(47)31-13-5-7-15-35(31)54-37)52-24-12-10-22-44(3,4)53-40(46)28-51-30-18-20-38-34(26-30)42(48)32-14-6-8-16-36(32)55-38/h5-8,13-20,25-26H,9-12,21-24,27-28H2,1-4H3. The van der Waals surface area contributed by atoms with Crippen LogP contribution in [0.15, 0.2) is 94.5 Å². The van der Waals surface area contributed by atoms with Crippen LogP contribution in [0.5, 0.6) is 11.5 Å². The Bertz CT molecular complexity index is 2430. The van der Waals surface area contributed by atoms with Crippen molar-refractivity contribution in [3.05, 3.63) is 105 Å². The van der Waals surface area contributed by atoms with Gasteiger partial charge in [-0.3, -0.25) is 9.59 Å². The number of unbranched alkanes of at least 4 members (excludes halogenated alkanes) is 2. The molecule has 0 radical (unpaired) electrons. The summed E-state index contributed by atoms with van der Waals surface area (Å²) in [5, 5.41) is 2.47. The largest absolute Gasteiger partial charge is 0.482 e. The maximum absolute atomic E-state index is 13.0. The molecule has 4 aromatic carbocycles. The summed E-state index contributed by atoms with van der Waals surface area (Å²) < 4.78 is 32.2. The fourth-order valence-corrected chi connectivity index (χ4v) is 8.48. The second-order valence-electron chi connectivity index (χ2n) is 14.7. The summed E-state index contributed by atoms with van der Waals surface area (Å²) in [7, 11) is 0. The molecule has 0 aliphatic heterocycles. The highest BCUT2D eigenvalue weighted by molar-refractivity contribution is 7.24. The first-order valence-electron chi connectivity index (χ1n) is 18.6. The van der Waals surface area contributed by atoms with E-state index in [1.165, 1.54) is 0 Å². The third-order valence-corrected chi connectivity index (χ3v) is 11.6. The number of hydrogen-bond acceptors (Lipinski definition) is 11. The molecule has 9 nitrogen and oxygen atoms in total. The van der Waals surface area contributed by atoms with Crippen molar-refractivity contribution in [2.45, 2.75) is 77.4 Å². The summed E-state index contributed by atoms with van der Waals surface area (Å²) in [4.78, 5) is 50.9. The van der Waals surface area contributed by atoms with Crippen molar-refractivity contribution in [3.63, 3.8) is 0 Å². The van der Waals surface area contributed by atoms with E-state index in [0.717, 1.165) is 44.5 Å². The van der Waals surface area contributed by atoms with Crippen LogP contribution < -0.4 is 20.3 Å². The molecular weight excluding hydrogens is 737 g/mol. The number of carbonyl (C=O) groups is 2. The van der Waals surface area contributed by atoms with Gasteiger partial charge in [-0.2, -0.15) is 0 Å². The smallest absolute Gasteiger partial charge is 0.344 e. The minimum absolute atomic E-state index is 0.0518. The van der Waals surface area contributed by atoms with Gasteiger partial charge in [-0.1, -0.05) is 24.3 Å². The maximum Gasteiger partial charge on any atom is 0.344 e. The van der Waals surface area contributed by atoms with Crippen LogP contribution >= 0.6 is 22.7 Å². The summed E-state index contributed by atoms with van der Waals surface area (Å²) in [6.45, 7) is 8.25. The molecule has 0 aliphatic rings. The summed E-state index contributed by atoms with van der Waals surface area (Å²) >= 11 is 3.09. The van der Waals surface area contributed by atoms with Gasteiger partial charge in [0.2, 0.25) is 0 Å². The highest BCUT2D eigenvalue weighted by Gasteiger charge is 2.24. The molecule has 0 spiro atoms. The van der Waals surface area contributed by atoms with Gasteiger partial charge >= 0.3 is 11.9 Å². The van der Waals surface area contributed by atoms with Crippen molar-refractivity contribution in [1.82, 2.24) is 0 Å². The average molecular weight is 783 g/mol. The fourth-order valence-electron chi connectivity index (χ4n) is 6.37. The summed E-state index contributed by atoms with van der Waals surface area (Å²) in [6, 6.07) is 25.6. The van der Waals surface area contributed by atoms with Gasteiger partial charge in [-0.05, 0) is 127 Å². The van der Waals surface area contributed by atoms with Crippen molar-refractivity contribution in [1.29, 1.82) is 0 Å². The Morgan fingerprint density at radius 2 is 1.02 bits per heavy atom. The van der Waals surface area contributed by atoms with Crippen LogP contribution in [-0.2, 0) is 23.8 Å². The maximum atomic E-state index is 13.0. The van der Waals surface area contributed by atoms with Gasteiger partial charge in [0, 0.05) is 47.0 Å². The van der Waals surface area contributed by atoms with E-state index < -0.39 is 17.5 Å². The third-order valence-electron chi connectivity index (χ3n) is 9.30. The molecule has 0 N–H and O–H groups in total. The Balaban J connectivity index is 0.828. The number of carbonyl (C=O) groups excluding carboxylic acids is 2. The molecule has 11 heteroatoms. The normalized spacial score (nSPS) is 12.0. The highest BCUT2D eigenvalue weighted by Crippen LogP contribution is 2.29. The molecule has 288 valence electrons. The van der Waals surface area contributed by atoms with Crippen molar-refractivity contribution >= 4 is 75.0 Å². The van der Waals surface area contributed by atoms with E-state index >= 15 is 0 Å². The minimum atomic E-state index is -0.670. The topological polar surface area (TPSA) is 114 Å². The molecule has 55 heavy (non-hydrogen) atoms. The number of ether oxygens (including phenoxy) is 5. The van der Waals surface area contributed by atoms with E-state index in [-0.39, 0.29) is 36.3 Å². The molecule has 0 aliphatic carbocycles. The van der Waals surface area contributed by atoms with E-state index in [1.807, 2.05) is 74.5 Å². The molecular formula is C44H46O9S2. The molecule has 0 saturated heterocycles. The molecule has 0 unspecified atom stereocenters. The zero-order chi connectivity index (χ0) is 39.0. The minimum Gasteiger partial charge on any atom is -0.482 e. The Morgan fingerprint density at radius 3 is 1.58 bits per heavy atom. The Hall–Kier alpha value is -4.84. The lowest BCUT2D eigenvalue weighted by atomic mass is 10.00. The van der Waals surface area contributed by atoms with Crippen molar-refractivity contribution < 1.29 is 33.3 Å². The van der Waals surface area contributed by atoms with Crippen molar-refractivity contribution in [2.75, 3.05) is 26.4 Å². The van der Waals surface area contributed by atoms with Gasteiger partial charge in [-0.15, -0.1) is 22.7 Å². The van der Waals surface area contributed by atoms with Gasteiger partial charge in [0.15, 0.2) is 24.1 Å². The summed E-state index contributed by atoms with van der Waals surface area (Å²) in [6.07, 6.45) is 4.62. The number of hydrogen-bond donors (Lipinski definition) is 0. The third kappa shape index (κ3) is 10.7. The fraction of sp³-hybridized carbons (Fsp3) is 0.364. The molecule has 2 heterocycles. The van der Waals surface area contributed by atoms with Crippen LogP contribution in [0.25, 0.3) is 40.3 Å². The highest BCUT2D eigenvalue weighted by atomic mass is 32.1. The van der Waals surface area contributed by atoms with Gasteiger partial charge in [0.25, 0.3) is 0 Å². The molecule has 0 fully saturated rings. The monoisotopic (exact) mass is 782 g/mol. The van der Waals surface area contributed by atoms with Gasteiger partial charge in [0.05, 0.1) is 12.2 Å². The lowest BCUT2D eigenvalue weighted by Crippen LogP contribution is -2.31. The first-order valence-corrected chi connectivity index (χ1v) is 20.2. The zero-order valence-electron chi connectivity index (χ0n) is 31.6. The summed E-state index contributed by atoms with van der Waals surface area (Å²) in [5.41, 5.74) is -1.11. The van der Waals surface area contributed by atoms with E-state index in [1.54, 1.807) is 46.9 Å². The predicted octanol–water partition coefficient (Wildman–Crippen LogP) is 9.60. The quantitative estimate of drug-likeness (QED) is 0.0478. The van der Waals surface area contributed by atoms with E-state index in [9.17, 15) is 19.2 Å². The lowest BCUT2D eigenvalue weighted by molar-refractivity contribution is -0.159. The molecule has 0 atom stereocenters. The average Bonchev–Trinajstić information content (AvgIpc) is 3.16. The Kier molecular flexibility index (Phi) is 12.9. The van der Waals surface area contributed by atoms with Crippen LogP contribution in [0.4, 0.5) is 0 Å². The first kappa shape index (κ1) is 39.8. The van der Waals surface area contributed by atoms with Crippen LogP contribution in [0.3, 0.4) is 0 Å². The molecule has 0 saturated carbocycles. The molecule has 0 amide bonds. The number of esters is 2. The van der Waals surface area contributed by atoms with E-state index in [4.69, 9.17) is 23.7 Å². The molecule has 6 rings (SSSR count). The Morgan fingerprint density at radius 1 is 0.545 bits per heavy atom. The second kappa shape index (κ2) is 17.7. The first-order chi connectivity index (χ1) is 26.4. The Labute approximate surface area is 327 Å². The lowest BCUT2D eigenvalue weighted by Gasteiger charge is -2.27. The summed E-state index contributed by atoms with van der Waals surface area (Å²) in [5.74, 6) is -0.0346. The van der Waals surface area contributed by atoms with Gasteiger partial charge in [-0.25, -0.2) is 9.59 Å². The molecule has 6 aromatic rings. The number of rotatable bonds is 18. The predicted molar refractivity (Wildman–Crippen MR) is 221 cm³/mol. The second-order valence-corrected chi connectivity index (χ2v) is 16.9. The number of fused-ring (bicyclic) bond motifs is 4. The van der Waals surface area contributed by atoms with Crippen LogP contribution in [0.2, 0.25) is 0 Å². The van der Waals surface area contributed by atoms with Crippen LogP contribution in [0.1, 0.15) is 66.2 Å². The van der Waals surface area contributed by atoms with Gasteiger partial charge < -0.3 is 23.7 Å². The van der Waals surface area contributed by atoms with Gasteiger partial charge in [0.1, 0.15) is 17.1 Å². The zero-order valence-corrected chi connectivity index (χ0v) is 33.3. The molecule has 2 aromatic heterocycles. The SMILES string of the molecule is CC(C)(CCCCOC(=O)COc1ccc2sc3ccccc3c(=O)c2c1)OCCCCC(C)(C)OC(=O)COc1ccc2sc3ccccc3c(=O)c2c1. The van der Waals surface area contributed by atoms with E-state index in [0.29, 0.717) is 52.5 Å². The number of benzene rings is 4.